The highest BCUT2D eigenvalue weighted by Gasteiger charge is 2.32. The Kier molecular flexibility index (Phi) is 2.05. The van der Waals surface area contributed by atoms with E-state index >= 15 is 0 Å². The van der Waals surface area contributed by atoms with Gasteiger partial charge < -0.3 is 10.0 Å². The zero-order chi connectivity index (χ0) is 8.55. The predicted molar refractivity (Wildman–Crippen MR) is 44.9 cm³/mol. The Bertz CT molecular complexity index is 171. The first-order chi connectivity index (χ1) is 5.75. The molecule has 1 N–H and O–H groups in total. The average molecular weight is 169 g/mol. The lowest BCUT2D eigenvalue weighted by Crippen LogP contribution is -2.33. The summed E-state index contributed by atoms with van der Waals surface area (Å²) >= 11 is 0. The van der Waals surface area contributed by atoms with Crippen LogP contribution in [0.5, 0.6) is 0 Å². The fraction of sp³-hybridized carbons (Fsp3) is 0.889. The van der Waals surface area contributed by atoms with Crippen LogP contribution < -0.4 is 0 Å². The Morgan fingerprint density at radius 2 is 2.00 bits per heavy atom. The smallest absolute Gasteiger partial charge is 0.307 e. The molecule has 0 aromatic rings. The van der Waals surface area contributed by atoms with Crippen molar-refractivity contribution in [2.75, 3.05) is 19.6 Å². The molecule has 0 spiro atoms. The Balaban J connectivity index is 2.06. The molecule has 3 heterocycles. The van der Waals surface area contributed by atoms with Crippen LogP contribution in [0.25, 0.3) is 0 Å². The van der Waals surface area contributed by atoms with Crippen molar-refractivity contribution in [1.29, 1.82) is 0 Å². The molecule has 3 nitrogen and oxygen atoms in total. The minimum Gasteiger partial charge on any atom is -0.481 e. The number of carboxylic acid groups (broad SMARTS) is 1. The normalized spacial score (nSPS) is 40.8. The second-order valence-corrected chi connectivity index (χ2v) is 4.01. The fourth-order valence-corrected chi connectivity index (χ4v) is 2.37. The van der Waals surface area contributed by atoms with E-state index in [2.05, 4.69) is 4.90 Å². The van der Waals surface area contributed by atoms with Gasteiger partial charge in [0.1, 0.15) is 0 Å². The minimum absolute atomic E-state index is 0.0972. The first kappa shape index (κ1) is 8.05. The highest BCUT2D eigenvalue weighted by molar-refractivity contribution is 5.70. The van der Waals surface area contributed by atoms with Crippen molar-refractivity contribution in [3.63, 3.8) is 0 Å². The summed E-state index contributed by atoms with van der Waals surface area (Å²) in [6, 6.07) is 0. The molecule has 0 aliphatic carbocycles. The SMILES string of the molecule is O=C(O)C1CC2CCN(CC2)C1. The van der Waals surface area contributed by atoms with Crippen molar-refractivity contribution in [3.05, 3.63) is 0 Å². The molecule has 2 bridgehead atoms. The van der Waals surface area contributed by atoms with Crippen LogP contribution >= 0.6 is 0 Å². The summed E-state index contributed by atoms with van der Waals surface area (Å²) in [6.07, 6.45) is 3.33. The average Bonchev–Trinajstić information content (AvgIpc) is 2.36. The number of hydrogen-bond donors (Lipinski definition) is 1. The van der Waals surface area contributed by atoms with E-state index in [9.17, 15) is 4.79 Å². The van der Waals surface area contributed by atoms with Gasteiger partial charge in [-0.3, -0.25) is 4.79 Å². The number of piperidine rings is 1. The minimum atomic E-state index is -0.603. The van der Waals surface area contributed by atoms with Crippen LogP contribution in [0, 0.1) is 11.8 Å². The van der Waals surface area contributed by atoms with Gasteiger partial charge in [-0.05, 0) is 38.3 Å². The summed E-state index contributed by atoms with van der Waals surface area (Å²) in [6.45, 7) is 3.02. The third-order valence-corrected chi connectivity index (χ3v) is 3.15. The van der Waals surface area contributed by atoms with Gasteiger partial charge in [0.2, 0.25) is 0 Å². The van der Waals surface area contributed by atoms with Crippen molar-refractivity contribution in [3.8, 4) is 0 Å². The molecule has 68 valence electrons. The molecule has 3 fully saturated rings. The lowest BCUT2D eigenvalue weighted by atomic mass is 9.91. The number of carbonyl (C=O) groups is 1. The van der Waals surface area contributed by atoms with Crippen LogP contribution in [0.1, 0.15) is 19.3 Å². The molecule has 0 saturated carbocycles. The number of aliphatic carboxylic acids is 1. The van der Waals surface area contributed by atoms with E-state index in [0.29, 0.717) is 5.92 Å². The van der Waals surface area contributed by atoms with Crippen LogP contribution in [0.2, 0.25) is 0 Å². The van der Waals surface area contributed by atoms with Crippen molar-refractivity contribution < 1.29 is 9.90 Å². The number of hydrogen-bond acceptors (Lipinski definition) is 2. The van der Waals surface area contributed by atoms with Crippen LogP contribution in [0.3, 0.4) is 0 Å². The maximum atomic E-state index is 10.8. The summed E-state index contributed by atoms with van der Waals surface area (Å²) in [7, 11) is 0. The summed E-state index contributed by atoms with van der Waals surface area (Å²) < 4.78 is 0. The predicted octanol–water partition coefficient (Wildman–Crippen LogP) is 0.803. The van der Waals surface area contributed by atoms with E-state index in [1.54, 1.807) is 0 Å². The molecule has 3 saturated heterocycles. The van der Waals surface area contributed by atoms with Crippen molar-refractivity contribution in [2.24, 2.45) is 11.8 Å². The molecule has 0 aromatic carbocycles. The van der Waals surface area contributed by atoms with Gasteiger partial charge in [0.15, 0.2) is 0 Å². The van der Waals surface area contributed by atoms with E-state index in [1.165, 1.54) is 12.8 Å². The van der Waals surface area contributed by atoms with Gasteiger partial charge in [-0.25, -0.2) is 0 Å². The Hall–Kier alpha value is -0.570. The quantitative estimate of drug-likeness (QED) is 0.631. The van der Waals surface area contributed by atoms with Crippen molar-refractivity contribution in [2.45, 2.75) is 19.3 Å². The van der Waals surface area contributed by atoms with Gasteiger partial charge in [0.25, 0.3) is 0 Å². The molecule has 0 radical (unpaired) electrons. The fourth-order valence-electron chi connectivity index (χ4n) is 2.37. The standard InChI is InChI=1S/C9H15NO2/c11-9(12)8-5-7-1-3-10(6-8)4-2-7/h7-8H,1-6H2,(H,11,12). The van der Waals surface area contributed by atoms with Gasteiger partial charge in [-0.2, -0.15) is 0 Å². The Labute approximate surface area is 72.4 Å². The molecule has 12 heavy (non-hydrogen) atoms. The highest BCUT2D eigenvalue weighted by Crippen LogP contribution is 2.29. The van der Waals surface area contributed by atoms with Gasteiger partial charge in [-0.15, -0.1) is 0 Å². The van der Waals surface area contributed by atoms with E-state index in [4.69, 9.17) is 5.11 Å². The maximum Gasteiger partial charge on any atom is 0.307 e. The second-order valence-electron chi connectivity index (χ2n) is 4.01. The first-order valence-electron chi connectivity index (χ1n) is 4.71. The molecule has 3 heteroatoms. The number of carboxylic acids is 1. The molecule has 1 unspecified atom stereocenters. The summed E-state index contributed by atoms with van der Waals surface area (Å²) in [5.41, 5.74) is 0. The molecule has 3 aliphatic heterocycles. The van der Waals surface area contributed by atoms with E-state index < -0.39 is 5.97 Å². The number of nitrogens with zero attached hydrogens (tertiary/aromatic N) is 1. The maximum absolute atomic E-state index is 10.8. The Morgan fingerprint density at radius 1 is 1.33 bits per heavy atom. The van der Waals surface area contributed by atoms with Crippen LogP contribution in [-0.4, -0.2) is 35.6 Å². The third-order valence-electron chi connectivity index (χ3n) is 3.15. The Morgan fingerprint density at radius 3 is 2.58 bits per heavy atom. The molecule has 3 rings (SSSR count). The van der Waals surface area contributed by atoms with E-state index in [-0.39, 0.29) is 5.92 Å². The van der Waals surface area contributed by atoms with E-state index in [0.717, 1.165) is 26.1 Å². The third kappa shape index (κ3) is 1.46. The molecular formula is C9H15NO2. The van der Waals surface area contributed by atoms with Gasteiger partial charge in [-0.1, -0.05) is 0 Å². The van der Waals surface area contributed by atoms with E-state index in [1.807, 2.05) is 0 Å². The van der Waals surface area contributed by atoms with Crippen LogP contribution in [0.15, 0.2) is 0 Å². The lowest BCUT2D eigenvalue weighted by Gasteiger charge is -2.26. The number of fused-ring (bicyclic) bond motifs is 4. The van der Waals surface area contributed by atoms with Crippen LogP contribution in [-0.2, 0) is 4.79 Å². The summed E-state index contributed by atoms with van der Waals surface area (Å²) in [5, 5.41) is 8.90. The molecule has 0 amide bonds. The van der Waals surface area contributed by atoms with Gasteiger partial charge >= 0.3 is 5.97 Å². The van der Waals surface area contributed by atoms with Gasteiger partial charge in [0.05, 0.1) is 5.92 Å². The highest BCUT2D eigenvalue weighted by atomic mass is 16.4. The lowest BCUT2D eigenvalue weighted by molar-refractivity contribution is -0.142. The number of rotatable bonds is 1. The zero-order valence-corrected chi connectivity index (χ0v) is 7.20. The molecule has 3 aliphatic rings. The summed E-state index contributed by atoms with van der Waals surface area (Å²) in [5.74, 6) is -0.0151. The topological polar surface area (TPSA) is 40.5 Å². The van der Waals surface area contributed by atoms with Crippen molar-refractivity contribution >= 4 is 5.97 Å². The zero-order valence-electron chi connectivity index (χ0n) is 7.20. The monoisotopic (exact) mass is 169 g/mol. The second kappa shape index (κ2) is 3.05. The molecule has 1 atom stereocenters. The van der Waals surface area contributed by atoms with Crippen molar-refractivity contribution in [1.82, 2.24) is 4.90 Å². The van der Waals surface area contributed by atoms with Crippen LogP contribution in [0.4, 0.5) is 0 Å². The molecular weight excluding hydrogens is 154 g/mol. The van der Waals surface area contributed by atoms with Gasteiger partial charge in [0, 0.05) is 6.54 Å². The largest absolute Gasteiger partial charge is 0.481 e. The first-order valence-corrected chi connectivity index (χ1v) is 4.71. The molecule has 0 aromatic heterocycles. The summed E-state index contributed by atoms with van der Waals surface area (Å²) in [4.78, 5) is 13.1.